The fraction of sp³-hybridized carbons (Fsp3) is 0.353. The summed E-state index contributed by atoms with van der Waals surface area (Å²) in [5, 5.41) is 23.2. The summed E-state index contributed by atoms with van der Waals surface area (Å²) < 4.78 is 1.51. The average molecular weight is 358 g/mol. The van der Waals surface area contributed by atoms with Crippen LogP contribution in [0.25, 0.3) is 5.69 Å². The van der Waals surface area contributed by atoms with Gasteiger partial charge in [0.25, 0.3) is 11.6 Å². The molecule has 2 N–H and O–H groups in total. The molecule has 1 aromatic heterocycles. The van der Waals surface area contributed by atoms with Crippen molar-refractivity contribution >= 4 is 17.6 Å². The van der Waals surface area contributed by atoms with Crippen molar-refractivity contribution in [3.63, 3.8) is 0 Å². The van der Waals surface area contributed by atoms with Crippen molar-refractivity contribution in [1.82, 2.24) is 14.9 Å². The molecule has 9 heteroatoms. The smallest absolute Gasteiger partial charge is 0.306 e. The van der Waals surface area contributed by atoms with Crippen LogP contribution in [-0.2, 0) is 4.79 Å². The molecule has 3 rings (SSSR count). The third-order valence-corrected chi connectivity index (χ3v) is 4.63. The van der Waals surface area contributed by atoms with Crippen molar-refractivity contribution in [2.24, 2.45) is 5.92 Å². The number of carboxylic acids is 1. The SMILES string of the molecule is O=C(NC1CCC(C(=O)O)CC1)c1ccc(-n2ccnc2)c([N+](=O)[O-])c1. The van der Waals surface area contributed by atoms with Crippen LogP contribution >= 0.6 is 0 Å². The molecule has 0 unspecified atom stereocenters. The molecule has 1 aliphatic carbocycles. The van der Waals surface area contributed by atoms with Crippen molar-refractivity contribution in [3.05, 3.63) is 52.6 Å². The topological polar surface area (TPSA) is 127 Å². The normalized spacial score (nSPS) is 19.7. The van der Waals surface area contributed by atoms with Crippen molar-refractivity contribution in [2.75, 3.05) is 0 Å². The number of benzene rings is 1. The highest BCUT2D eigenvalue weighted by molar-refractivity contribution is 5.95. The highest BCUT2D eigenvalue weighted by Crippen LogP contribution is 2.26. The van der Waals surface area contributed by atoms with E-state index in [4.69, 9.17) is 5.11 Å². The van der Waals surface area contributed by atoms with E-state index < -0.39 is 16.8 Å². The number of aromatic nitrogens is 2. The molecule has 136 valence electrons. The van der Waals surface area contributed by atoms with Crippen LogP contribution in [0.1, 0.15) is 36.0 Å². The summed E-state index contributed by atoms with van der Waals surface area (Å²) in [5.41, 5.74) is 0.331. The summed E-state index contributed by atoms with van der Waals surface area (Å²) in [6.45, 7) is 0. The standard InChI is InChI=1S/C17H18N4O5/c22-16(19-13-4-1-11(2-5-13)17(23)24)12-3-6-14(15(9-12)21(25)26)20-8-7-18-10-20/h3,6-11,13H,1-2,4-5H2,(H,19,22)(H,23,24). The van der Waals surface area contributed by atoms with Crippen molar-refractivity contribution in [3.8, 4) is 5.69 Å². The number of nitrogens with one attached hydrogen (secondary N) is 1. The second-order valence-corrected chi connectivity index (χ2v) is 6.29. The third kappa shape index (κ3) is 3.71. The Morgan fingerprint density at radius 1 is 1.27 bits per heavy atom. The van der Waals surface area contributed by atoms with E-state index in [2.05, 4.69) is 10.3 Å². The molecular weight excluding hydrogens is 340 g/mol. The zero-order valence-corrected chi connectivity index (χ0v) is 13.9. The second kappa shape index (κ2) is 7.34. The molecule has 0 spiro atoms. The van der Waals surface area contributed by atoms with Gasteiger partial charge in [-0.1, -0.05) is 0 Å². The van der Waals surface area contributed by atoms with Gasteiger partial charge in [-0.15, -0.1) is 0 Å². The largest absolute Gasteiger partial charge is 0.481 e. The van der Waals surface area contributed by atoms with Gasteiger partial charge in [0.2, 0.25) is 0 Å². The molecule has 2 aromatic rings. The van der Waals surface area contributed by atoms with Gasteiger partial charge in [-0.3, -0.25) is 19.7 Å². The first-order valence-corrected chi connectivity index (χ1v) is 8.26. The van der Waals surface area contributed by atoms with Gasteiger partial charge in [0.15, 0.2) is 0 Å². The first-order chi connectivity index (χ1) is 12.5. The van der Waals surface area contributed by atoms with Gasteiger partial charge in [0.1, 0.15) is 5.69 Å². The Balaban J connectivity index is 1.73. The minimum atomic E-state index is -0.805. The summed E-state index contributed by atoms with van der Waals surface area (Å²) in [6, 6.07) is 4.16. The molecular formula is C17H18N4O5. The number of nitro benzene ring substituents is 1. The number of carbonyl (C=O) groups excluding carboxylic acids is 1. The number of imidazole rings is 1. The first-order valence-electron chi connectivity index (χ1n) is 8.26. The minimum absolute atomic E-state index is 0.120. The summed E-state index contributed by atoms with van der Waals surface area (Å²) >= 11 is 0. The highest BCUT2D eigenvalue weighted by Gasteiger charge is 2.27. The number of hydrogen-bond acceptors (Lipinski definition) is 5. The molecule has 0 saturated heterocycles. The number of aliphatic carboxylic acids is 1. The molecule has 1 amide bonds. The Kier molecular flexibility index (Phi) is 4.97. The minimum Gasteiger partial charge on any atom is -0.481 e. The van der Waals surface area contributed by atoms with E-state index in [1.807, 2.05) is 0 Å². The lowest BCUT2D eigenvalue weighted by Gasteiger charge is -2.26. The van der Waals surface area contributed by atoms with Gasteiger partial charge in [0, 0.05) is 30.1 Å². The second-order valence-electron chi connectivity index (χ2n) is 6.29. The number of hydrogen-bond donors (Lipinski definition) is 2. The number of amides is 1. The molecule has 0 aliphatic heterocycles. The Morgan fingerprint density at radius 2 is 2.00 bits per heavy atom. The summed E-state index contributed by atoms with van der Waals surface area (Å²) in [4.78, 5) is 38.1. The maximum atomic E-state index is 12.4. The quantitative estimate of drug-likeness (QED) is 0.623. The van der Waals surface area contributed by atoms with Gasteiger partial charge >= 0.3 is 5.97 Å². The lowest BCUT2D eigenvalue weighted by molar-refractivity contribution is -0.384. The van der Waals surface area contributed by atoms with E-state index in [9.17, 15) is 19.7 Å². The number of carbonyl (C=O) groups is 2. The summed E-state index contributed by atoms with van der Waals surface area (Å²) in [7, 11) is 0. The van der Waals surface area contributed by atoms with E-state index in [-0.39, 0.29) is 23.2 Å². The van der Waals surface area contributed by atoms with Gasteiger partial charge in [-0.25, -0.2) is 4.98 Å². The first kappa shape index (κ1) is 17.6. The predicted octanol–water partition coefficient (Wildman–Crippen LogP) is 2.15. The fourth-order valence-electron chi connectivity index (χ4n) is 3.18. The van der Waals surface area contributed by atoms with Gasteiger partial charge in [-0.05, 0) is 37.8 Å². The van der Waals surface area contributed by atoms with Gasteiger partial charge in [0.05, 0.1) is 17.2 Å². The zero-order valence-electron chi connectivity index (χ0n) is 13.9. The molecule has 1 fully saturated rings. The van der Waals surface area contributed by atoms with E-state index in [0.29, 0.717) is 31.4 Å². The van der Waals surface area contributed by atoms with E-state index in [1.54, 1.807) is 6.20 Å². The fourth-order valence-corrected chi connectivity index (χ4v) is 3.18. The van der Waals surface area contributed by atoms with Gasteiger partial charge in [-0.2, -0.15) is 0 Å². The van der Waals surface area contributed by atoms with Crippen molar-refractivity contribution < 1.29 is 19.6 Å². The maximum absolute atomic E-state index is 12.4. The van der Waals surface area contributed by atoms with Crippen LogP contribution in [0.2, 0.25) is 0 Å². The molecule has 1 heterocycles. The van der Waals surface area contributed by atoms with Crippen LogP contribution in [0.15, 0.2) is 36.9 Å². The monoisotopic (exact) mass is 358 g/mol. The molecule has 1 saturated carbocycles. The lowest BCUT2D eigenvalue weighted by atomic mass is 9.86. The maximum Gasteiger partial charge on any atom is 0.306 e. The van der Waals surface area contributed by atoms with E-state index >= 15 is 0 Å². The molecule has 0 radical (unpaired) electrons. The van der Waals surface area contributed by atoms with E-state index in [1.165, 1.54) is 35.3 Å². The molecule has 0 bridgehead atoms. The zero-order chi connectivity index (χ0) is 18.7. The lowest BCUT2D eigenvalue weighted by Crippen LogP contribution is -2.38. The molecule has 9 nitrogen and oxygen atoms in total. The van der Waals surface area contributed by atoms with Gasteiger partial charge < -0.3 is 15.0 Å². The van der Waals surface area contributed by atoms with Crippen LogP contribution in [0.5, 0.6) is 0 Å². The van der Waals surface area contributed by atoms with Crippen LogP contribution in [0, 0.1) is 16.0 Å². The summed E-state index contributed by atoms with van der Waals surface area (Å²) in [6.07, 6.45) is 6.74. The Bertz CT molecular complexity index is 826. The van der Waals surface area contributed by atoms with Crippen LogP contribution < -0.4 is 5.32 Å². The average Bonchev–Trinajstić information content (AvgIpc) is 3.16. The van der Waals surface area contributed by atoms with E-state index in [0.717, 1.165) is 0 Å². The van der Waals surface area contributed by atoms with Crippen molar-refractivity contribution in [2.45, 2.75) is 31.7 Å². The Hall–Kier alpha value is -3.23. The Morgan fingerprint density at radius 3 is 2.58 bits per heavy atom. The third-order valence-electron chi connectivity index (χ3n) is 4.63. The number of nitro groups is 1. The highest BCUT2D eigenvalue weighted by atomic mass is 16.6. The van der Waals surface area contributed by atoms with Crippen LogP contribution in [0.3, 0.4) is 0 Å². The Labute approximate surface area is 148 Å². The number of rotatable bonds is 5. The molecule has 1 aromatic carbocycles. The van der Waals surface area contributed by atoms with Crippen molar-refractivity contribution in [1.29, 1.82) is 0 Å². The number of carboxylic acid groups (broad SMARTS) is 1. The predicted molar refractivity (Wildman–Crippen MR) is 91.1 cm³/mol. The number of nitrogens with zero attached hydrogens (tertiary/aromatic N) is 3. The van der Waals surface area contributed by atoms with Crippen LogP contribution in [-0.4, -0.2) is 37.5 Å². The molecule has 1 aliphatic rings. The molecule has 0 atom stereocenters. The summed E-state index contributed by atoms with van der Waals surface area (Å²) in [5.74, 6) is -1.57. The molecule has 26 heavy (non-hydrogen) atoms. The van der Waals surface area contributed by atoms with Crippen LogP contribution in [0.4, 0.5) is 5.69 Å².